The van der Waals surface area contributed by atoms with Gasteiger partial charge in [0, 0.05) is 120 Å². The van der Waals surface area contributed by atoms with Crippen molar-refractivity contribution in [2.24, 2.45) is 0 Å². The Morgan fingerprint density at radius 1 is 0.167 bits per heavy atom. The normalized spacial score (nSPS) is 11.6. The van der Waals surface area contributed by atoms with Gasteiger partial charge in [0.1, 0.15) is 0 Å². The fraction of sp³-hybridized carbons (Fsp3) is 0. The van der Waals surface area contributed by atoms with Crippen LogP contribution in [0.15, 0.2) is 504 Å². The lowest BCUT2D eigenvalue weighted by Gasteiger charge is -2.26. The van der Waals surface area contributed by atoms with Crippen molar-refractivity contribution in [3.05, 3.63) is 504 Å². The molecule has 0 atom stereocenters. The van der Waals surface area contributed by atoms with Crippen LogP contribution >= 0.6 is 11.3 Å². The summed E-state index contributed by atoms with van der Waals surface area (Å²) in [5.41, 5.74) is 24.9. The van der Waals surface area contributed by atoms with E-state index >= 15 is 0 Å². The van der Waals surface area contributed by atoms with Gasteiger partial charge in [0.05, 0.1) is 33.1 Å². The maximum absolute atomic E-state index is 2.46. The Morgan fingerprint density at radius 2 is 0.455 bits per heavy atom. The lowest BCUT2D eigenvalue weighted by molar-refractivity contribution is 1.17. The van der Waals surface area contributed by atoms with Gasteiger partial charge in [-0.2, -0.15) is 0 Å². The van der Waals surface area contributed by atoms with E-state index in [0.717, 1.165) is 45.5 Å². The fourth-order valence-electron chi connectivity index (χ4n) is 20.6. The summed E-state index contributed by atoms with van der Waals surface area (Å²) in [5.74, 6) is 0. The standard InChI is InChI=1S/2C44H30N2.C38H23NS/c1-3-12-31(13-4-1)32-22-26-36(27-23-32)45(35-16-5-2-6-17-35)37-18-11-19-38(30-37)46-42-29-25-33-14-7-9-20-39(33)43(42)41-28-24-34-15-8-10-21-40(34)44(41)46;1-3-11-31(12-4-1)32-19-23-36(24-20-32)45(35-15-5-2-6-16-35)37-25-27-38(28-26-37)46-42-30-22-33-13-7-9-17-39(33)43(42)41-29-21-34-14-8-10-18-40(34)44(41)46;1-3-10-28-24(8-1)19-23-34-36(28)33-22-18-25-9-2-4-11-29(25)37(33)39(34)27-20-16-26(17-21-27)30-13-7-14-32-31-12-5-6-15-35(31)40-38(30)32/h2*1-30H;1-23H. The van der Waals surface area contributed by atoms with Gasteiger partial charge in [0.15, 0.2) is 0 Å². The summed E-state index contributed by atoms with van der Waals surface area (Å²) in [4.78, 5) is 4.67. The summed E-state index contributed by atoms with van der Waals surface area (Å²) in [7, 11) is 0. The highest BCUT2D eigenvalue weighted by Crippen LogP contribution is 2.48. The molecule has 618 valence electrons. The summed E-state index contributed by atoms with van der Waals surface area (Å²) < 4.78 is 10.1. The number of nitrogens with zero attached hydrogens (tertiary/aromatic N) is 5. The Balaban J connectivity index is 0.000000107. The number of aromatic nitrogens is 3. The molecule has 6 heteroatoms. The minimum atomic E-state index is 1.10. The first-order valence-corrected chi connectivity index (χ1v) is 46.1. The summed E-state index contributed by atoms with van der Waals surface area (Å²) in [6.45, 7) is 0. The van der Waals surface area contributed by atoms with E-state index in [4.69, 9.17) is 0 Å². The predicted octanol–water partition coefficient (Wildman–Crippen LogP) is 35.6. The second kappa shape index (κ2) is 32.6. The van der Waals surface area contributed by atoms with E-state index in [1.54, 1.807) is 0 Å². The van der Waals surface area contributed by atoms with E-state index in [9.17, 15) is 0 Å². The fourth-order valence-corrected chi connectivity index (χ4v) is 21.9. The third-order valence-electron chi connectivity index (χ3n) is 26.7. The Morgan fingerprint density at radius 3 is 0.879 bits per heavy atom. The van der Waals surface area contributed by atoms with Gasteiger partial charge in [-0.3, -0.25) is 0 Å². The third kappa shape index (κ3) is 13.3. The number of hydrogen-bond acceptors (Lipinski definition) is 3. The van der Waals surface area contributed by atoms with Crippen LogP contribution in [0.5, 0.6) is 0 Å². The SMILES string of the molecule is c1ccc(-c2ccc(N(c3ccccc3)c3ccc(-n4c5ccc6ccccc6c5c5ccc6ccccc6c54)cc3)cc2)cc1.c1ccc(-c2ccc(N(c3ccccc3)c3cccc(-n4c5ccc6ccccc6c5c5ccc6ccccc6c54)c3)cc2)cc1.c1ccc2c(c1)ccc1c2c2ccc3ccccc3c2n1-c1ccc(-c2cccc3c2sc2ccccc23)cc1. The molecule has 23 aromatic carbocycles. The average Bonchev–Trinajstić information content (AvgIpc) is 1.55. The molecule has 27 aromatic rings. The summed E-state index contributed by atoms with van der Waals surface area (Å²) in [6.07, 6.45) is 0. The minimum absolute atomic E-state index is 1.10. The number of fused-ring (bicyclic) bond motifs is 24. The molecular formula is C126H83N5S. The molecule has 0 N–H and O–H groups in total. The maximum Gasteiger partial charge on any atom is 0.0619 e. The molecule has 0 radical (unpaired) electrons. The Kier molecular flexibility index (Phi) is 19.1. The zero-order valence-electron chi connectivity index (χ0n) is 72.1. The van der Waals surface area contributed by atoms with E-state index in [0.29, 0.717) is 0 Å². The number of para-hydroxylation sites is 2. The van der Waals surface area contributed by atoms with Crippen molar-refractivity contribution in [1.82, 2.24) is 13.7 Å². The monoisotopic (exact) mass is 1700 g/mol. The van der Waals surface area contributed by atoms with Crippen molar-refractivity contribution in [3.63, 3.8) is 0 Å². The van der Waals surface area contributed by atoms with Crippen molar-refractivity contribution in [3.8, 4) is 50.4 Å². The number of thiophene rings is 1. The van der Waals surface area contributed by atoms with Gasteiger partial charge < -0.3 is 23.5 Å². The molecule has 0 aliphatic carbocycles. The van der Waals surface area contributed by atoms with Gasteiger partial charge in [-0.25, -0.2) is 0 Å². The second-order valence-corrected chi connectivity index (χ2v) is 35.2. The highest BCUT2D eigenvalue weighted by atomic mass is 32.1. The molecule has 0 saturated heterocycles. The van der Waals surface area contributed by atoms with Crippen LogP contribution in [0.2, 0.25) is 0 Å². The zero-order valence-corrected chi connectivity index (χ0v) is 72.9. The molecule has 0 bridgehead atoms. The molecule has 4 aromatic heterocycles. The predicted molar refractivity (Wildman–Crippen MR) is 566 cm³/mol. The molecule has 0 aliphatic rings. The molecule has 5 nitrogen and oxygen atoms in total. The number of anilines is 6. The van der Waals surface area contributed by atoms with Crippen LogP contribution in [-0.2, 0) is 0 Å². The molecule has 0 unspecified atom stereocenters. The van der Waals surface area contributed by atoms with Crippen LogP contribution in [0.1, 0.15) is 0 Å². The van der Waals surface area contributed by atoms with Crippen molar-refractivity contribution in [2.45, 2.75) is 0 Å². The molecule has 27 rings (SSSR count). The van der Waals surface area contributed by atoms with E-state index in [-0.39, 0.29) is 0 Å². The van der Waals surface area contributed by atoms with Gasteiger partial charge in [0.25, 0.3) is 0 Å². The molecule has 4 heterocycles. The molecule has 0 aliphatic heterocycles. The van der Waals surface area contributed by atoms with Crippen LogP contribution in [-0.4, -0.2) is 13.7 Å². The zero-order chi connectivity index (χ0) is 87.1. The average molecular weight is 1700 g/mol. The molecule has 0 saturated carbocycles. The van der Waals surface area contributed by atoms with Crippen LogP contribution in [0.3, 0.4) is 0 Å². The third-order valence-corrected chi connectivity index (χ3v) is 27.9. The van der Waals surface area contributed by atoms with Crippen molar-refractivity contribution in [2.75, 3.05) is 9.80 Å². The first kappa shape index (κ1) is 77.2. The largest absolute Gasteiger partial charge is 0.311 e. The van der Waals surface area contributed by atoms with Crippen LogP contribution in [0.4, 0.5) is 34.1 Å². The smallest absolute Gasteiger partial charge is 0.0619 e. The van der Waals surface area contributed by atoms with Crippen molar-refractivity contribution >= 4 is 196 Å². The molecule has 0 spiro atoms. The van der Waals surface area contributed by atoms with E-state index < -0.39 is 0 Å². The van der Waals surface area contributed by atoms with Crippen molar-refractivity contribution < 1.29 is 0 Å². The number of benzene rings is 23. The van der Waals surface area contributed by atoms with Gasteiger partial charge in [-0.1, -0.05) is 376 Å². The van der Waals surface area contributed by atoms with Crippen LogP contribution in [0, 0.1) is 0 Å². The highest BCUT2D eigenvalue weighted by molar-refractivity contribution is 7.26. The van der Waals surface area contributed by atoms with Gasteiger partial charge in [-0.15, -0.1) is 11.3 Å². The lowest BCUT2D eigenvalue weighted by Crippen LogP contribution is -2.10. The lowest BCUT2D eigenvalue weighted by atomic mass is 10.0. The molecule has 0 amide bonds. The van der Waals surface area contributed by atoms with E-state index in [2.05, 4.69) is 527 Å². The second-order valence-electron chi connectivity index (χ2n) is 34.1. The van der Waals surface area contributed by atoms with Crippen LogP contribution in [0.25, 0.3) is 201 Å². The van der Waals surface area contributed by atoms with Crippen LogP contribution < -0.4 is 9.80 Å². The van der Waals surface area contributed by atoms with Gasteiger partial charge in [-0.05, 0) is 209 Å². The highest BCUT2D eigenvalue weighted by Gasteiger charge is 2.25. The first-order valence-electron chi connectivity index (χ1n) is 45.3. The van der Waals surface area contributed by atoms with E-state index in [1.165, 1.54) is 189 Å². The Hall–Kier alpha value is -17.2. The maximum atomic E-state index is 2.46. The Labute approximate surface area is 767 Å². The summed E-state index contributed by atoms with van der Waals surface area (Å²) >= 11 is 1.89. The molecular weight excluding hydrogens is 1620 g/mol. The first-order chi connectivity index (χ1) is 65.5. The van der Waals surface area contributed by atoms with E-state index in [1.807, 2.05) is 11.3 Å². The Bertz CT molecular complexity index is 9110. The summed E-state index contributed by atoms with van der Waals surface area (Å²) in [5, 5.41) is 25.6. The molecule has 132 heavy (non-hydrogen) atoms. The number of hydrogen-bond donors (Lipinski definition) is 0. The molecule has 0 fully saturated rings. The van der Waals surface area contributed by atoms with Gasteiger partial charge >= 0.3 is 0 Å². The minimum Gasteiger partial charge on any atom is -0.311 e. The topological polar surface area (TPSA) is 21.3 Å². The van der Waals surface area contributed by atoms with Gasteiger partial charge in [0.2, 0.25) is 0 Å². The quantitative estimate of drug-likeness (QED) is 0.122. The number of rotatable bonds is 12. The summed E-state index contributed by atoms with van der Waals surface area (Å²) in [6, 6.07) is 182. The van der Waals surface area contributed by atoms with Crippen molar-refractivity contribution in [1.29, 1.82) is 0 Å².